The van der Waals surface area contributed by atoms with Crippen LogP contribution in [0.25, 0.3) is 11.0 Å². The van der Waals surface area contributed by atoms with Gasteiger partial charge in [-0.2, -0.15) is 0 Å². The van der Waals surface area contributed by atoms with Gasteiger partial charge in [-0.15, -0.1) is 0 Å². The van der Waals surface area contributed by atoms with E-state index in [1.165, 1.54) is 0 Å². The largest absolute Gasteiger partial charge is 0.451 e. The molecule has 94 valence electrons. The maximum Gasteiger partial charge on any atom is 0.289 e. The summed E-state index contributed by atoms with van der Waals surface area (Å²) in [6, 6.07) is 7.62. The zero-order valence-electron chi connectivity index (χ0n) is 10.2. The van der Waals surface area contributed by atoms with Crippen molar-refractivity contribution >= 4 is 16.9 Å². The second-order valence-corrected chi connectivity index (χ2v) is 4.75. The van der Waals surface area contributed by atoms with Crippen LogP contribution in [-0.4, -0.2) is 35.1 Å². The van der Waals surface area contributed by atoms with Crippen molar-refractivity contribution in [2.75, 3.05) is 13.1 Å². The highest BCUT2D eigenvalue weighted by Gasteiger charge is 2.28. The maximum atomic E-state index is 12.3. The molecule has 1 unspecified atom stereocenters. The third-order valence-corrected chi connectivity index (χ3v) is 3.49. The molecule has 4 nitrogen and oxygen atoms in total. The molecule has 1 amide bonds. The van der Waals surface area contributed by atoms with E-state index in [0.29, 0.717) is 25.3 Å². The van der Waals surface area contributed by atoms with Gasteiger partial charge in [0.1, 0.15) is 5.58 Å². The number of β-amino-alcohol motifs (C(OH)–C–C–N with tert-alkyl or cyclic N) is 1. The predicted molar refractivity (Wildman–Crippen MR) is 67.5 cm³/mol. The van der Waals surface area contributed by atoms with Gasteiger partial charge in [-0.25, -0.2) is 0 Å². The summed E-state index contributed by atoms with van der Waals surface area (Å²) in [5.74, 6) is 0.269. The van der Waals surface area contributed by atoms with Crippen LogP contribution in [0.5, 0.6) is 0 Å². The molecular formula is C14H15NO3. The molecule has 1 aliphatic heterocycles. The topological polar surface area (TPSA) is 53.7 Å². The van der Waals surface area contributed by atoms with Crippen molar-refractivity contribution in [2.45, 2.75) is 19.4 Å². The summed E-state index contributed by atoms with van der Waals surface area (Å²) in [4.78, 5) is 14.0. The first-order valence-electron chi connectivity index (χ1n) is 6.12. The molecule has 0 spiro atoms. The summed E-state index contributed by atoms with van der Waals surface area (Å²) >= 11 is 0. The minimum absolute atomic E-state index is 0.125. The average Bonchev–Trinajstić information content (AvgIpc) is 2.94. The van der Waals surface area contributed by atoms with Gasteiger partial charge in [0.05, 0.1) is 6.10 Å². The lowest BCUT2D eigenvalue weighted by Crippen LogP contribution is -2.29. The van der Waals surface area contributed by atoms with Crippen molar-refractivity contribution in [1.82, 2.24) is 4.90 Å². The summed E-state index contributed by atoms with van der Waals surface area (Å²) in [5.41, 5.74) is 1.61. The number of hydrogen-bond acceptors (Lipinski definition) is 3. The van der Waals surface area contributed by atoms with Gasteiger partial charge in [0, 0.05) is 24.0 Å². The Labute approximate surface area is 105 Å². The van der Waals surface area contributed by atoms with Crippen LogP contribution >= 0.6 is 0 Å². The Hall–Kier alpha value is -1.81. The SMILES string of the molecule is Cc1c(C(=O)N2CCC(O)C2)oc2ccccc12. The number of rotatable bonds is 1. The molecule has 1 fully saturated rings. The Kier molecular flexibility index (Phi) is 2.59. The van der Waals surface area contributed by atoms with Gasteiger partial charge in [0.15, 0.2) is 5.76 Å². The highest BCUT2D eigenvalue weighted by Crippen LogP contribution is 2.26. The standard InChI is InChI=1S/C14H15NO3/c1-9-11-4-2-3-5-12(11)18-13(9)14(17)15-7-6-10(16)8-15/h2-5,10,16H,6-8H2,1H3. The minimum Gasteiger partial charge on any atom is -0.451 e. The van der Waals surface area contributed by atoms with Gasteiger partial charge in [-0.3, -0.25) is 4.79 Å². The lowest BCUT2D eigenvalue weighted by Gasteiger charge is -2.13. The van der Waals surface area contributed by atoms with Gasteiger partial charge in [0.2, 0.25) is 0 Å². The number of nitrogens with zero attached hydrogens (tertiary/aromatic N) is 1. The van der Waals surface area contributed by atoms with Crippen LogP contribution < -0.4 is 0 Å². The monoisotopic (exact) mass is 245 g/mol. The zero-order chi connectivity index (χ0) is 12.7. The van der Waals surface area contributed by atoms with Crippen molar-refractivity contribution in [3.8, 4) is 0 Å². The maximum absolute atomic E-state index is 12.3. The fraction of sp³-hybridized carbons (Fsp3) is 0.357. The molecule has 0 saturated carbocycles. The van der Waals surface area contributed by atoms with Crippen molar-refractivity contribution < 1.29 is 14.3 Å². The molecule has 0 radical (unpaired) electrons. The number of benzene rings is 1. The lowest BCUT2D eigenvalue weighted by molar-refractivity contribution is 0.0735. The Morgan fingerprint density at radius 1 is 1.44 bits per heavy atom. The zero-order valence-corrected chi connectivity index (χ0v) is 10.2. The Morgan fingerprint density at radius 3 is 2.89 bits per heavy atom. The second kappa shape index (κ2) is 4.14. The van der Waals surface area contributed by atoms with Gasteiger partial charge >= 0.3 is 0 Å². The van der Waals surface area contributed by atoms with Gasteiger partial charge in [-0.05, 0) is 19.4 Å². The molecule has 0 bridgehead atoms. The quantitative estimate of drug-likeness (QED) is 0.835. The number of carbonyl (C=O) groups excluding carboxylic acids is 1. The molecule has 18 heavy (non-hydrogen) atoms. The molecule has 4 heteroatoms. The first-order chi connectivity index (χ1) is 8.66. The number of fused-ring (bicyclic) bond motifs is 1. The van der Waals surface area contributed by atoms with Crippen molar-refractivity contribution in [3.05, 3.63) is 35.6 Å². The average molecular weight is 245 g/mol. The van der Waals surface area contributed by atoms with E-state index in [9.17, 15) is 9.90 Å². The van der Waals surface area contributed by atoms with E-state index in [1.54, 1.807) is 4.90 Å². The Balaban J connectivity index is 1.99. The van der Waals surface area contributed by atoms with Gasteiger partial charge in [-0.1, -0.05) is 18.2 Å². The molecule has 1 aliphatic rings. The number of furan rings is 1. The van der Waals surface area contributed by atoms with E-state index in [4.69, 9.17) is 4.42 Å². The van der Waals surface area contributed by atoms with E-state index in [0.717, 1.165) is 16.5 Å². The number of aliphatic hydroxyl groups is 1. The summed E-state index contributed by atoms with van der Waals surface area (Å²) < 4.78 is 5.64. The highest BCUT2D eigenvalue weighted by molar-refractivity contribution is 5.99. The van der Waals surface area contributed by atoms with Gasteiger partial charge in [0.25, 0.3) is 5.91 Å². The van der Waals surface area contributed by atoms with E-state index < -0.39 is 6.10 Å². The second-order valence-electron chi connectivity index (χ2n) is 4.75. The number of aryl methyl sites for hydroxylation is 1. The number of hydrogen-bond donors (Lipinski definition) is 1. The van der Waals surface area contributed by atoms with Crippen LogP contribution in [0, 0.1) is 6.92 Å². The minimum atomic E-state index is -0.404. The summed E-state index contributed by atoms with van der Waals surface area (Å²) in [5, 5.41) is 10.5. The van der Waals surface area contributed by atoms with Crippen molar-refractivity contribution in [3.63, 3.8) is 0 Å². The number of carbonyl (C=O) groups is 1. The first kappa shape index (κ1) is 11.3. The van der Waals surface area contributed by atoms with Crippen LogP contribution in [0.4, 0.5) is 0 Å². The number of para-hydroxylation sites is 1. The molecule has 1 saturated heterocycles. The van der Waals surface area contributed by atoms with Crippen molar-refractivity contribution in [2.24, 2.45) is 0 Å². The van der Waals surface area contributed by atoms with Crippen LogP contribution in [0.1, 0.15) is 22.5 Å². The number of aliphatic hydroxyl groups excluding tert-OH is 1. The fourth-order valence-corrected chi connectivity index (χ4v) is 2.45. The summed E-state index contributed by atoms with van der Waals surface area (Å²) in [6.07, 6.45) is 0.240. The van der Waals surface area contributed by atoms with Crippen LogP contribution in [0.3, 0.4) is 0 Å². The van der Waals surface area contributed by atoms with Crippen LogP contribution in [0.2, 0.25) is 0 Å². The molecule has 1 aromatic heterocycles. The molecule has 3 rings (SSSR count). The van der Waals surface area contributed by atoms with Gasteiger partial charge < -0.3 is 14.4 Å². The fourth-order valence-electron chi connectivity index (χ4n) is 2.45. The normalized spacial score (nSPS) is 19.7. The highest BCUT2D eigenvalue weighted by atomic mass is 16.3. The van der Waals surface area contributed by atoms with Crippen LogP contribution in [-0.2, 0) is 0 Å². The Morgan fingerprint density at radius 2 is 2.22 bits per heavy atom. The van der Waals surface area contributed by atoms with Crippen LogP contribution in [0.15, 0.2) is 28.7 Å². The molecule has 2 aromatic rings. The van der Waals surface area contributed by atoms with E-state index >= 15 is 0 Å². The molecule has 0 aliphatic carbocycles. The third kappa shape index (κ3) is 1.69. The third-order valence-electron chi connectivity index (χ3n) is 3.49. The lowest BCUT2D eigenvalue weighted by atomic mass is 10.1. The summed E-state index contributed by atoms with van der Waals surface area (Å²) in [7, 11) is 0. The molecular weight excluding hydrogens is 230 g/mol. The number of amides is 1. The molecule has 1 atom stereocenters. The van der Waals surface area contributed by atoms with E-state index in [1.807, 2.05) is 31.2 Å². The van der Waals surface area contributed by atoms with Crippen molar-refractivity contribution in [1.29, 1.82) is 0 Å². The molecule has 2 heterocycles. The first-order valence-corrected chi connectivity index (χ1v) is 6.12. The van der Waals surface area contributed by atoms with E-state index in [2.05, 4.69) is 0 Å². The number of likely N-dealkylation sites (tertiary alicyclic amines) is 1. The predicted octanol–water partition coefficient (Wildman–Crippen LogP) is 1.95. The Bertz CT molecular complexity index is 602. The smallest absolute Gasteiger partial charge is 0.289 e. The summed E-state index contributed by atoms with van der Waals surface area (Å²) in [6.45, 7) is 2.89. The van der Waals surface area contributed by atoms with E-state index in [-0.39, 0.29) is 5.91 Å². The molecule has 1 N–H and O–H groups in total. The molecule has 1 aromatic carbocycles.